The summed E-state index contributed by atoms with van der Waals surface area (Å²) in [5.74, 6) is -1.74. The number of halogens is 1. The number of carbonyl (C=O) groups is 2. The largest absolute Gasteiger partial charge is 0.458 e. The van der Waals surface area contributed by atoms with Crippen LogP contribution in [-0.4, -0.2) is 60.4 Å². The molecule has 0 bridgehead atoms. The number of ketones is 1. The number of aliphatic hydroxyl groups is 3. The molecular weight excluding hydrogens is 581 g/mol. The molecule has 7 atom stereocenters. The van der Waals surface area contributed by atoms with E-state index >= 15 is 0 Å². The van der Waals surface area contributed by atoms with Crippen LogP contribution >= 0.6 is 33.9 Å². The van der Waals surface area contributed by atoms with Gasteiger partial charge >= 0.3 is 5.97 Å². The average Bonchev–Trinajstić information content (AvgIpc) is 3.20. The number of Topliss-reactive ketones (excluding diaryl/α,β-unsaturated/α-hetero) is 1. The third-order valence-electron chi connectivity index (χ3n) is 7.15. The highest BCUT2D eigenvalue weighted by atomic mass is 127. The number of ether oxygens (including phenoxy) is 1. The molecule has 0 aromatic carbocycles. The molecule has 1 fully saturated rings. The van der Waals surface area contributed by atoms with Crippen LogP contribution in [0, 0.1) is 24.2 Å². The first-order valence-electron chi connectivity index (χ1n) is 12.3. The van der Waals surface area contributed by atoms with E-state index in [1.165, 1.54) is 11.3 Å². The van der Waals surface area contributed by atoms with Crippen molar-refractivity contribution in [3.63, 3.8) is 0 Å². The standard InChI is InChI=1S/C26H40INO6S/c1-14-8-7-9-20(29)19(27)11-21(15(2)10-18-13-35-17(4)28-18)34-23(31)12-22(30)26(5,6)25(33)16(3)24(14)32/h10,13-14,16,19-22,24,29-30,32H,7-9,11-12H2,1-6H3/t14?,16-,19?,20-,21?,22+,24+/m1/s1. The van der Waals surface area contributed by atoms with E-state index < -0.39 is 41.7 Å². The number of thiazole rings is 1. The van der Waals surface area contributed by atoms with E-state index in [9.17, 15) is 24.9 Å². The lowest BCUT2D eigenvalue weighted by Gasteiger charge is -2.35. The van der Waals surface area contributed by atoms with Gasteiger partial charge in [-0.15, -0.1) is 11.3 Å². The SMILES string of the molecule is CC(=Cc1csc(C)n1)C1CC(I)[C@H](O)CCCC(C)[C@H](O)[C@@H](C)C(=O)C(C)(C)[C@@H](O)CC(=O)O1. The molecule has 1 saturated heterocycles. The van der Waals surface area contributed by atoms with Crippen LogP contribution in [-0.2, 0) is 14.3 Å². The molecule has 3 unspecified atom stereocenters. The molecule has 2 rings (SSSR count). The second-order valence-electron chi connectivity index (χ2n) is 10.5. The zero-order valence-corrected chi connectivity index (χ0v) is 24.5. The van der Waals surface area contributed by atoms with Gasteiger partial charge in [-0.3, -0.25) is 9.59 Å². The number of aliphatic hydroxyl groups excluding tert-OH is 3. The van der Waals surface area contributed by atoms with Gasteiger partial charge in [0, 0.05) is 21.6 Å². The number of hydrogen-bond donors (Lipinski definition) is 3. The van der Waals surface area contributed by atoms with E-state index in [1.807, 2.05) is 32.2 Å². The fourth-order valence-corrected chi connectivity index (χ4v) is 5.87. The Balaban J connectivity index is 2.33. The van der Waals surface area contributed by atoms with Crippen molar-refractivity contribution in [1.82, 2.24) is 4.98 Å². The molecule has 7 nitrogen and oxygen atoms in total. The summed E-state index contributed by atoms with van der Waals surface area (Å²) in [6.45, 7) is 10.6. The molecule has 1 aliphatic heterocycles. The number of aryl methyl sites for hydroxylation is 1. The summed E-state index contributed by atoms with van der Waals surface area (Å²) < 4.78 is 5.64. The Hall–Kier alpha value is -0.880. The Morgan fingerprint density at radius 3 is 2.49 bits per heavy atom. The summed E-state index contributed by atoms with van der Waals surface area (Å²) in [5, 5.41) is 35.2. The number of esters is 1. The Labute approximate surface area is 226 Å². The monoisotopic (exact) mass is 621 g/mol. The fourth-order valence-electron chi connectivity index (χ4n) is 4.48. The Morgan fingerprint density at radius 2 is 1.89 bits per heavy atom. The molecule has 2 heterocycles. The van der Waals surface area contributed by atoms with Crippen molar-refractivity contribution < 1.29 is 29.6 Å². The van der Waals surface area contributed by atoms with E-state index in [2.05, 4.69) is 27.6 Å². The molecule has 198 valence electrons. The first-order chi connectivity index (χ1) is 16.2. The Kier molecular flexibility index (Phi) is 11.3. The summed E-state index contributed by atoms with van der Waals surface area (Å²) in [4.78, 5) is 30.5. The van der Waals surface area contributed by atoms with Crippen molar-refractivity contribution in [3.8, 4) is 0 Å². The zero-order valence-electron chi connectivity index (χ0n) is 21.5. The predicted octanol–water partition coefficient (Wildman–Crippen LogP) is 4.48. The maximum atomic E-state index is 13.2. The van der Waals surface area contributed by atoms with E-state index in [-0.39, 0.29) is 22.0 Å². The van der Waals surface area contributed by atoms with Crippen molar-refractivity contribution in [2.75, 3.05) is 0 Å². The molecule has 9 heteroatoms. The minimum Gasteiger partial charge on any atom is -0.458 e. The normalized spacial score (nSPS) is 34.5. The van der Waals surface area contributed by atoms with Crippen molar-refractivity contribution >= 4 is 51.8 Å². The van der Waals surface area contributed by atoms with Gasteiger partial charge in [0.2, 0.25) is 0 Å². The van der Waals surface area contributed by atoms with Crippen molar-refractivity contribution in [3.05, 3.63) is 21.7 Å². The molecule has 0 amide bonds. The number of nitrogens with zero attached hydrogens (tertiary/aromatic N) is 1. The summed E-state index contributed by atoms with van der Waals surface area (Å²) in [6.07, 6.45) is 0.534. The van der Waals surface area contributed by atoms with E-state index in [4.69, 9.17) is 4.74 Å². The maximum Gasteiger partial charge on any atom is 0.309 e. The molecule has 35 heavy (non-hydrogen) atoms. The highest BCUT2D eigenvalue weighted by molar-refractivity contribution is 14.1. The highest BCUT2D eigenvalue weighted by Gasteiger charge is 2.42. The summed E-state index contributed by atoms with van der Waals surface area (Å²) in [6, 6.07) is 0. The third-order valence-corrected chi connectivity index (χ3v) is 9.28. The smallest absolute Gasteiger partial charge is 0.309 e. The van der Waals surface area contributed by atoms with Gasteiger partial charge in [-0.25, -0.2) is 4.98 Å². The third kappa shape index (κ3) is 8.31. The maximum absolute atomic E-state index is 13.2. The predicted molar refractivity (Wildman–Crippen MR) is 146 cm³/mol. The van der Waals surface area contributed by atoms with Crippen LogP contribution in [0.4, 0.5) is 0 Å². The topological polar surface area (TPSA) is 117 Å². The number of carbonyl (C=O) groups excluding carboxylic acids is 2. The van der Waals surface area contributed by atoms with E-state index in [0.717, 1.165) is 16.3 Å². The molecule has 1 aliphatic rings. The van der Waals surface area contributed by atoms with Gasteiger partial charge in [0.25, 0.3) is 0 Å². The Bertz CT molecular complexity index is 900. The van der Waals surface area contributed by atoms with Crippen LogP contribution in [0.2, 0.25) is 0 Å². The molecular formula is C26H40INO6S. The second kappa shape index (κ2) is 13.1. The quantitative estimate of drug-likeness (QED) is 0.253. The summed E-state index contributed by atoms with van der Waals surface area (Å²) in [7, 11) is 0. The minimum absolute atomic E-state index is 0.140. The summed E-state index contributed by atoms with van der Waals surface area (Å²) >= 11 is 3.73. The van der Waals surface area contributed by atoms with Gasteiger partial charge in [0.15, 0.2) is 0 Å². The van der Waals surface area contributed by atoms with Crippen molar-refractivity contribution in [2.45, 2.75) is 102 Å². The van der Waals surface area contributed by atoms with Gasteiger partial charge in [0.05, 0.1) is 40.8 Å². The summed E-state index contributed by atoms with van der Waals surface area (Å²) in [5.41, 5.74) is 0.359. The number of aromatic nitrogens is 1. The van der Waals surface area contributed by atoms with E-state index in [1.54, 1.807) is 20.8 Å². The molecule has 0 spiro atoms. The van der Waals surface area contributed by atoms with Crippen molar-refractivity contribution in [2.24, 2.45) is 17.3 Å². The lowest BCUT2D eigenvalue weighted by molar-refractivity contribution is -0.154. The minimum atomic E-state index is -1.26. The first kappa shape index (κ1) is 30.3. The molecule has 3 N–H and O–H groups in total. The van der Waals surface area contributed by atoms with E-state index in [0.29, 0.717) is 25.7 Å². The number of hydrogen-bond acceptors (Lipinski definition) is 8. The molecule has 0 aliphatic carbocycles. The van der Waals surface area contributed by atoms with Gasteiger partial charge in [-0.05, 0) is 44.3 Å². The lowest BCUT2D eigenvalue weighted by atomic mass is 9.73. The Morgan fingerprint density at radius 1 is 1.23 bits per heavy atom. The fraction of sp³-hybridized carbons (Fsp3) is 0.731. The van der Waals surface area contributed by atoms with Crippen LogP contribution in [0.3, 0.4) is 0 Å². The lowest BCUT2D eigenvalue weighted by Crippen LogP contribution is -2.45. The zero-order chi connectivity index (χ0) is 26.5. The number of cyclic esters (lactones) is 1. The van der Waals surface area contributed by atoms with Gasteiger partial charge < -0.3 is 20.1 Å². The highest BCUT2D eigenvalue weighted by Crippen LogP contribution is 2.33. The van der Waals surface area contributed by atoms with Crippen LogP contribution < -0.4 is 0 Å². The average molecular weight is 622 g/mol. The molecule has 0 saturated carbocycles. The van der Waals surface area contributed by atoms with Crippen LogP contribution in [0.25, 0.3) is 6.08 Å². The molecule has 1 aromatic heterocycles. The molecule has 0 radical (unpaired) electrons. The first-order valence-corrected chi connectivity index (χ1v) is 14.4. The van der Waals surface area contributed by atoms with Crippen LogP contribution in [0.1, 0.15) is 77.4 Å². The van der Waals surface area contributed by atoms with Gasteiger partial charge in [-0.1, -0.05) is 56.7 Å². The van der Waals surface area contributed by atoms with Crippen LogP contribution in [0.5, 0.6) is 0 Å². The van der Waals surface area contributed by atoms with Gasteiger partial charge in [0.1, 0.15) is 11.9 Å². The number of alkyl halides is 1. The van der Waals surface area contributed by atoms with Crippen LogP contribution in [0.15, 0.2) is 11.0 Å². The van der Waals surface area contributed by atoms with Crippen molar-refractivity contribution in [1.29, 1.82) is 0 Å². The molecule has 1 aromatic rings. The second-order valence-corrected chi connectivity index (χ2v) is 13.1. The van der Waals surface area contributed by atoms with Gasteiger partial charge in [-0.2, -0.15) is 0 Å². The number of rotatable bonds is 2.